The molecule has 0 radical (unpaired) electrons. The molecule has 0 spiro atoms. The van der Waals surface area contributed by atoms with Crippen molar-refractivity contribution in [2.45, 2.75) is 18.7 Å². The Labute approximate surface area is 198 Å². The van der Waals surface area contributed by atoms with Crippen molar-refractivity contribution in [3.05, 3.63) is 96.1 Å². The maximum absolute atomic E-state index is 13.4. The Kier molecular flexibility index (Phi) is 5.18. The number of aryl methyl sites for hydroxylation is 1. The number of hydrogen-bond acceptors (Lipinski definition) is 4. The number of aromatic hydroxyl groups is 2. The van der Waals surface area contributed by atoms with Crippen LogP contribution in [0.25, 0.3) is 32.7 Å². The lowest BCUT2D eigenvalue weighted by Crippen LogP contribution is -2.15. The third-order valence-corrected chi connectivity index (χ3v) is 7.79. The number of benzene rings is 5. The SMILES string of the molecule is Cc1cccc(S(=O)(=O)Nc2cc(-c3c(O)ccc4ccccc34)c(O)c3ccccc23)c1C. The predicted octanol–water partition coefficient (Wildman–Crippen LogP) is 6.49. The van der Waals surface area contributed by atoms with E-state index in [1.165, 1.54) is 0 Å². The Bertz CT molecular complexity index is 1690. The fourth-order valence-corrected chi connectivity index (χ4v) is 5.78. The second-order valence-electron chi connectivity index (χ2n) is 8.35. The number of fused-ring (bicyclic) bond motifs is 2. The summed E-state index contributed by atoms with van der Waals surface area (Å²) in [6.07, 6.45) is 0. The van der Waals surface area contributed by atoms with Crippen LogP contribution in [0.2, 0.25) is 0 Å². The van der Waals surface area contributed by atoms with Crippen LogP contribution in [0.1, 0.15) is 11.1 Å². The van der Waals surface area contributed by atoms with Crippen LogP contribution in [0.3, 0.4) is 0 Å². The number of anilines is 1. The van der Waals surface area contributed by atoms with Crippen LogP contribution in [-0.2, 0) is 10.0 Å². The van der Waals surface area contributed by atoms with E-state index in [9.17, 15) is 18.6 Å². The van der Waals surface area contributed by atoms with E-state index in [1.807, 2.05) is 37.3 Å². The van der Waals surface area contributed by atoms with Gasteiger partial charge < -0.3 is 10.2 Å². The number of sulfonamides is 1. The normalized spacial score (nSPS) is 11.7. The molecular weight excluding hydrogens is 446 g/mol. The van der Waals surface area contributed by atoms with Crippen molar-refractivity contribution in [1.82, 2.24) is 0 Å². The topological polar surface area (TPSA) is 86.6 Å². The highest BCUT2D eigenvalue weighted by molar-refractivity contribution is 7.92. The Morgan fingerprint density at radius 3 is 2.18 bits per heavy atom. The van der Waals surface area contributed by atoms with Gasteiger partial charge in [0.25, 0.3) is 10.0 Å². The van der Waals surface area contributed by atoms with Gasteiger partial charge in [-0.15, -0.1) is 0 Å². The molecule has 6 heteroatoms. The standard InChI is InChI=1S/C28H23NO4S/c1-17-8-7-13-26(18(17)2)34(32,33)29-24-16-23(28(31)22-12-6-5-11-21(22)24)27-20-10-4-3-9-19(20)14-15-25(27)30/h3-16,29-31H,1-2H3. The molecule has 0 bridgehead atoms. The summed E-state index contributed by atoms with van der Waals surface area (Å²) in [7, 11) is -3.92. The molecule has 0 heterocycles. The van der Waals surface area contributed by atoms with E-state index in [4.69, 9.17) is 0 Å². The van der Waals surface area contributed by atoms with Crippen molar-refractivity contribution < 1.29 is 18.6 Å². The maximum Gasteiger partial charge on any atom is 0.262 e. The van der Waals surface area contributed by atoms with E-state index < -0.39 is 10.0 Å². The van der Waals surface area contributed by atoms with Crippen molar-refractivity contribution in [1.29, 1.82) is 0 Å². The van der Waals surface area contributed by atoms with Crippen molar-refractivity contribution in [2.75, 3.05) is 4.72 Å². The molecule has 0 aromatic heterocycles. The molecule has 0 aliphatic rings. The molecule has 5 nitrogen and oxygen atoms in total. The van der Waals surface area contributed by atoms with Gasteiger partial charge in [-0.25, -0.2) is 8.42 Å². The van der Waals surface area contributed by atoms with Crippen molar-refractivity contribution in [2.24, 2.45) is 0 Å². The minimum Gasteiger partial charge on any atom is -0.507 e. The molecule has 3 N–H and O–H groups in total. The fourth-order valence-electron chi connectivity index (χ4n) is 4.39. The molecule has 0 aliphatic carbocycles. The van der Waals surface area contributed by atoms with Crippen LogP contribution in [0.5, 0.6) is 11.5 Å². The Balaban J connectivity index is 1.78. The second-order valence-corrected chi connectivity index (χ2v) is 10.0. The first-order chi connectivity index (χ1) is 16.3. The fraction of sp³-hybridized carbons (Fsp3) is 0.0714. The van der Waals surface area contributed by atoms with Gasteiger partial charge in [-0.1, -0.05) is 66.7 Å². The van der Waals surface area contributed by atoms with Gasteiger partial charge in [-0.3, -0.25) is 4.72 Å². The van der Waals surface area contributed by atoms with E-state index >= 15 is 0 Å². The lowest BCUT2D eigenvalue weighted by molar-refractivity contribution is 0.472. The predicted molar refractivity (Wildman–Crippen MR) is 137 cm³/mol. The van der Waals surface area contributed by atoms with Crippen molar-refractivity contribution >= 4 is 37.3 Å². The lowest BCUT2D eigenvalue weighted by Gasteiger charge is -2.18. The molecule has 0 unspecified atom stereocenters. The highest BCUT2D eigenvalue weighted by Gasteiger charge is 2.22. The monoisotopic (exact) mass is 469 g/mol. The van der Waals surface area contributed by atoms with Crippen molar-refractivity contribution in [3.63, 3.8) is 0 Å². The average molecular weight is 470 g/mol. The van der Waals surface area contributed by atoms with Crippen LogP contribution in [-0.4, -0.2) is 18.6 Å². The van der Waals surface area contributed by atoms with Gasteiger partial charge in [-0.2, -0.15) is 0 Å². The van der Waals surface area contributed by atoms with E-state index in [-0.39, 0.29) is 16.4 Å². The molecule has 34 heavy (non-hydrogen) atoms. The van der Waals surface area contributed by atoms with Gasteiger partial charge in [0.15, 0.2) is 0 Å². The average Bonchev–Trinajstić information content (AvgIpc) is 2.83. The molecule has 0 atom stereocenters. The zero-order valence-corrected chi connectivity index (χ0v) is 19.5. The lowest BCUT2D eigenvalue weighted by atomic mass is 9.93. The van der Waals surface area contributed by atoms with E-state index in [0.29, 0.717) is 33.2 Å². The number of rotatable bonds is 4. The Morgan fingerprint density at radius 1 is 0.735 bits per heavy atom. The van der Waals surface area contributed by atoms with Gasteiger partial charge in [-0.05, 0) is 53.9 Å². The summed E-state index contributed by atoms with van der Waals surface area (Å²) in [5.74, 6) is -0.0374. The first-order valence-corrected chi connectivity index (χ1v) is 12.3. The first-order valence-electron chi connectivity index (χ1n) is 10.8. The summed E-state index contributed by atoms with van der Waals surface area (Å²) in [5.41, 5.74) is 2.64. The Morgan fingerprint density at radius 2 is 1.41 bits per heavy atom. The van der Waals surface area contributed by atoms with Crippen LogP contribution < -0.4 is 4.72 Å². The van der Waals surface area contributed by atoms with Crippen LogP contribution >= 0.6 is 0 Å². The molecule has 0 aliphatic heterocycles. The molecular formula is C28H23NO4S. The number of phenols is 2. The van der Waals surface area contributed by atoms with Crippen LogP contribution in [0.4, 0.5) is 5.69 Å². The maximum atomic E-state index is 13.4. The number of hydrogen-bond donors (Lipinski definition) is 3. The van der Waals surface area contributed by atoms with Crippen LogP contribution in [0, 0.1) is 13.8 Å². The summed E-state index contributed by atoms with van der Waals surface area (Å²) in [6, 6.07) is 24.7. The molecule has 5 aromatic carbocycles. The van der Waals surface area contributed by atoms with E-state index in [2.05, 4.69) is 4.72 Å². The molecule has 5 rings (SSSR count). The van der Waals surface area contributed by atoms with Gasteiger partial charge in [0.05, 0.1) is 10.6 Å². The smallest absolute Gasteiger partial charge is 0.262 e. The van der Waals surface area contributed by atoms with Gasteiger partial charge in [0.2, 0.25) is 0 Å². The number of nitrogens with one attached hydrogen (secondary N) is 1. The van der Waals surface area contributed by atoms with Crippen LogP contribution in [0.15, 0.2) is 89.8 Å². The Hall–Kier alpha value is -4.03. The zero-order chi connectivity index (χ0) is 24.0. The second kappa shape index (κ2) is 8.08. The minimum atomic E-state index is -3.92. The largest absolute Gasteiger partial charge is 0.507 e. The van der Waals surface area contributed by atoms with Gasteiger partial charge in [0, 0.05) is 21.9 Å². The third kappa shape index (κ3) is 3.53. The third-order valence-electron chi connectivity index (χ3n) is 6.28. The summed E-state index contributed by atoms with van der Waals surface area (Å²) in [6.45, 7) is 3.64. The summed E-state index contributed by atoms with van der Waals surface area (Å²) in [4.78, 5) is 0.194. The molecule has 0 saturated heterocycles. The number of phenolic OH excluding ortho intramolecular Hbond substituents is 2. The quantitative estimate of drug-likeness (QED) is 0.263. The molecule has 5 aromatic rings. The molecule has 170 valence electrons. The highest BCUT2D eigenvalue weighted by Crippen LogP contribution is 2.46. The highest BCUT2D eigenvalue weighted by atomic mass is 32.2. The molecule has 0 saturated carbocycles. The molecule has 0 fully saturated rings. The van der Waals surface area contributed by atoms with E-state index in [0.717, 1.165) is 16.3 Å². The summed E-state index contributed by atoms with van der Waals surface area (Å²) < 4.78 is 29.5. The first kappa shape index (κ1) is 21.8. The van der Waals surface area contributed by atoms with E-state index in [1.54, 1.807) is 61.5 Å². The summed E-state index contributed by atoms with van der Waals surface area (Å²) >= 11 is 0. The molecule has 0 amide bonds. The summed E-state index contributed by atoms with van der Waals surface area (Å²) in [5, 5.41) is 24.7. The van der Waals surface area contributed by atoms with Crippen molar-refractivity contribution in [3.8, 4) is 22.6 Å². The van der Waals surface area contributed by atoms with Gasteiger partial charge in [0.1, 0.15) is 11.5 Å². The van der Waals surface area contributed by atoms with Gasteiger partial charge >= 0.3 is 0 Å². The zero-order valence-electron chi connectivity index (χ0n) is 18.7. The minimum absolute atomic E-state index is 0.00684.